The molecule has 0 aromatic carbocycles. The first-order valence-electron chi connectivity index (χ1n) is 7.46. The Morgan fingerprint density at radius 1 is 1.55 bits per heavy atom. The molecular weight excluding hydrogens is 286 g/mol. The molecule has 2 atom stereocenters. The highest BCUT2D eigenvalue weighted by molar-refractivity contribution is 5.90. The van der Waals surface area contributed by atoms with E-state index in [0.29, 0.717) is 24.8 Å². The van der Waals surface area contributed by atoms with E-state index in [-0.39, 0.29) is 18.2 Å². The van der Waals surface area contributed by atoms with Crippen molar-refractivity contribution < 1.29 is 19.0 Å². The second-order valence-corrected chi connectivity index (χ2v) is 5.14. The quantitative estimate of drug-likeness (QED) is 0.751. The summed E-state index contributed by atoms with van der Waals surface area (Å²) in [6.45, 7) is 3.53. The van der Waals surface area contributed by atoms with Crippen LogP contribution in [0.5, 0.6) is 5.88 Å². The van der Waals surface area contributed by atoms with Crippen molar-refractivity contribution in [1.82, 2.24) is 10.3 Å². The monoisotopic (exact) mass is 309 g/mol. The summed E-state index contributed by atoms with van der Waals surface area (Å²) < 4.78 is 16.0. The van der Waals surface area contributed by atoms with Crippen LogP contribution in [0, 0.1) is 0 Å². The fourth-order valence-corrected chi connectivity index (χ4v) is 2.28. The van der Waals surface area contributed by atoms with Gasteiger partial charge in [-0.1, -0.05) is 0 Å². The maximum atomic E-state index is 12.1. The Balaban J connectivity index is 1.87. The minimum Gasteiger partial charge on any atom is -0.474 e. The number of carbonyl (C=O) groups excluding carboxylic acids is 1. The lowest BCUT2D eigenvalue weighted by atomic mass is 10.1. The number of aromatic nitrogens is 1. The summed E-state index contributed by atoms with van der Waals surface area (Å²) >= 11 is 0. The van der Waals surface area contributed by atoms with Gasteiger partial charge >= 0.3 is 6.03 Å². The van der Waals surface area contributed by atoms with E-state index in [4.69, 9.17) is 14.2 Å². The molecule has 7 nitrogen and oxygen atoms in total. The van der Waals surface area contributed by atoms with Crippen LogP contribution >= 0.6 is 0 Å². The molecule has 7 heteroatoms. The first-order chi connectivity index (χ1) is 10.7. The molecule has 0 saturated carbocycles. The number of hydrogen-bond donors (Lipinski definition) is 2. The van der Waals surface area contributed by atoms with Crippen LogP contribution in [-0.4, -0.2) is 50.1 Å². The van der Waals surface area contributed by atoms with Crippen LogP contribution in [0.2, 0.25) is 0 Å². The number of rotatable bonds is 7. The lowest BCUT2D eigenvalue weighted by Crippen LogP contribution is -2.43. The molecular formula is C15H23N3O4. The van der Waals surface area contributed by atoms with Crippen molar-refractivity contribution in [2.75, 3.05) is 32.2 Å². The molecule has 1 aliphatic heterocycles. The van der Waals surface area contributed by atoms with E-state index in [1.807, 2.05) is 6.92 Å². The summed E-state index contributed by atoms with van der Waals surface area (Å²) in [4.78, 5) is 16.2. The normalized spacial score (nSPS) is 18.7. The van der Waals surface area contributed by atoms with Crippen LogP contribution in [0.25, 0.3) is 0 Å². The van der Waals surface area contributed by atoms with Gasteiger partial charge in [-0.15, -0.1) is 0 Å². The second-order valence-electron chi connectivity index (χ2n) is 5.14. The minimum absolute atomic E-state index is 0.0444. The third kappa shape index (κ3) is 4.85. The zero-order valence-electron chi connectivity index (χ0n) is 13.0. The molecule has 1 aromatic rings. The zero-order valence-corrected chi connectivity index (χ0v) is 13.0. The van der Waals surface area contributed by atoms with Gasteiger partial charge in [0.15, 0.2) is 0 Å². The molecule has 2 amide bonds. The van der Waals surface area contributed by atoms with Gasteiger partial charge < -0.3 is 24.8 Å². The van der Waals surface area contributed by atoms with Crippen molar-refractivity contribution in [2.45, 2.75) is 31.9 Å². The van der Waals surface area contributed by atoms with E-state index in [1.165, 1.54) is 0 Å². The summed E-state index contributed by atoms with van der Waals surface area (Å²) in [6.07, 6.45) is 3.70. The van der Waals surface area contributed by atoms with Crippen molar-refractivity contribution in [3.05, 3.63) is 18.3 Å². The smallest absolute Gasteiger partial charge is 0.319 e. The predicted octanol–water partition coefficient (Wildman–Crippen LogP) is 1.80. The van der Waals surface area contributed by atoms with Gasteiger partial charge in [0.1, 0.15) is 12.3 Å². The number of carbonyl (C=O) groups is 1. The molecule has 1 aliphatic rings. The Hall–Kier alpha value is -1.86. The van der Waals surface area contributed by atoms with Gasteiger partial charge in [-0.2, -0.15) is 0 Å². The van der Waals surface area contributed by atoms with Crippen LogP contribution in [0.15, 0.2) is 18.3 Å². The SMILES string of the molecule is COCCOc1ncccc1NC(=O)N[C@H](C)[C@H]1CCCO1. The van der Waals surface area contributed by atoms with Crippen LogP contribution < -0.4 is 15.4 Å². The Kier molecular flexibility index (Phi) is 6.42. The van der Waals surface area contributed by atoms with Crippen LogP contribution in [0.3, 0.4) is 0 Å². The molecule has 1 saturated heterocycles. The van der Waals surface area contributed by atoms with E-state index in [0.717, 1.165) is 19.4 Å². The average Bonchev–Trinajstić information content (AvgIpc) is 3.03. The summed E-state index contributed by atoms with van der Waals surface area (Å²) in [5.74, 6) is 0.375. The van der Waals surface area contributed by atoms with Crippen molar-refractivity contribution >= 4 is 11.7 Å². The van der Waals surface area contributed by atoms with E-state index in [1.54, 1.807) is 25.4 Å². The Morgan fingerprint density at radius 2 is 2.41 bits per heavy atom. The molecule has 0 aliphatic carbocycles. The number of urea groups is 1. The largest absolute Gasteiger partial charge is 0.474 e. The van der Waals surface area contributed by atoms with Crippen LogP contribution in [-0.2, 0) is 9.47 Å². The van der Waals surface area contributed by atoms with E-state index >= 15 is 0 Å². The molecule has 1 fully saturated rings. The van der Waals surface area contributed by atoms with Gasteiger partial charge in [-0.3, -0.25) is 0 Å². The summed E-state index contributed by atoms with van der Waals surface area (Å²) in [5.41, 5.74) is 0.524. The molecule has 0 spiro atoms. The molecule has 0 unspecified atom stereocenters. The fraction of sp³-hybridized carbons (Fsp3) is 0.600. The van der Waals surface area contributed by atoms with Crippen LogP contribution in [0.4, 0.5) is 10.5 Å². The Bertz CT molecular complexity index is 478. The highest BCUT2D eigenvalue weighted by atomic mass is 16.5. The van der Waals surface area contributed by atoms with Gasteiger partial charge in [0.05, 0.1) is 18.8 Å². The van der Waals surface area contributed by atoms with Gasteiger partial charge in [0, 0.05) is 19.9 Å². The van der Waals surface area contributed by atoms with Crippen LogP contribution in [0.1, 0.15) is 19.8 Å². The Labute approximate surface area is 130 Å². The van der Waals surface area contributed by atoms with Gasteiger partial charge in [-0.25, -0.2) is 9.78 Å². The third-order valence-corrected chi connectivity index (χ3v) is 3.43. The molecule has 122 valence electrons. The van der Waals surface area contributed by atoms with Gasteiger partial charge in [0.25, 0.3) is 0 Å². The van der Waals surface area contributed by atoms with E-state index in [2.05, 4.69) is 15.6 Å². The maximum Gasteiger partial charge on any atom is 0.319 e. The fourth-order valence-electron chi connectivity index (χ4n) is 2.28. The predicted molar refractivity (Wildman–Crippen MR) is 82.2 cm³/mol. The maximum absolute atomic E-state index is 12.1. The summed E-state index contributed by atoms with van der Waals surface area (Å²) in [5, 5.41) is 5.64. The van der Waals surface area contributed by atoms with Crippen molar-refractivity contribution in [3.8, 4) is 5.88 Å². The number of nitrogens with one attached hydrogen (secondary N) is 2. The van der Waals surface area contributed by atoms with Gasteiger partial charge in [0.2, 0.25) is 5.88 Å². The number of amides is 2. The first kappa shape index (κ1) is 16.5. The topological polar surface area (TPSA) is 81.7 Å². The molecule has 1 aromatic heterocycles. The molecule has 2 heterocycles. The number of ether oxygens (including phenoxy) is 3. The zero-order chi connectivity index (χ0) is 15.8. The number of hydrogen-bond acceptors (Lipinski definition) is 5. The summed E-state index contributed by atoms with van der Waals surface area (Å²) in [7, 11) is 1.60. The highest BCUT2D eigenvalue weighted by Gasteiger charge is 2.23. The summed E-state index contributed by atoms with van der Waals surface area (Å²) in [6, 6.07) is 3.14. The third-order valence-electron chi connectivity index (χ3n) is 3.43. The Morgan fingerprint density at radius 3 is 3.14 bits per heavy atom. The van der Waals surface area contributed by atoms with E-state index < -0.39 is 0 Å². The van der Waals surface area contributed by atoms with Crippen molar-refractivity contribution in [1.29, 1.82) is 0 Å². The molecule has 22 heavy (non-hydrogen) atoms. The number of nitrogens with zero attached hydrogens (tertiary/aromatic N) is 1. The number of anilines is 1. The van der Waals surface area contributed by atoms with E-state index in [9.17, 15) is 4.79 Å². The minimum atomic E-state index is -0.299. The molecule has 0 bridgehead atoms. The van der Waals surface area contributed by atoms with Crippen molar-refractivity contribution in [3.63, 3.8) is 0 Å². The first-order valence-corrected chi connectivity index (χ1v) is 7.46. The lowest BCUT2D eigenvalue weighted by Gasteiger charge is -2.20. The van der Waals surface area contributed by atoms with Crippen molar-refractivity contribution in [2.24, 2.45) is 0 Å². The molecule has 0 radical (unpaired) electrons. The highest BCUT2D eigenvalue weighted by Crippen LogP contribution is 2.20. The van der Waals surface area contributed by atoms with Gasteiger partial charge in [-0.05, 0) is 31.9 Å². The second kappa shape index (κ2) is 8.55. The standard InChI is InChI=1S/C15H23N3O4/c1-11(13-6-4-8-21-13)17-15(19)18-12-5-3-7-16-14(12)22-10-9-20-2/h3,5,7,11,13H,4,6,8-10H2,1-2H3,(H2,17,18,19)/t11-,13-/m1/s1. The molecule has 2 N–H and O–H groups in total. The number of methoxy groups -OCH3 is 1. The lowest BCUT2D eigenvalue weighted by molar-refractivity contribution is 0.0868. The number of pyridine rings is 1. The molecule has 2 rings (SSSR count). The average molecular weight is 309 g/mol.